The maximum Gasteiger partial charge on any atom is 0.276 e. The number of hydrogen-bond donors (Lipinski definition) is 3. The minimum absolute atomic E-state index is 0.108. The van der Waals surface area contributed by atoms with Crippen molar-refractivity contribution < 1.29 is 17.9 Å². The van der Waals surface area contributed by atoms with Gasteiger partial charge in [-0.1, -0.05) is 29.8 Å². The van der Waals surface area contributed by atoms with Crippen LogP contribution in [0.15, 0.2) is 41.2 Å². The largest absolute Gasteiger partial charge is 0.490 e. The van der Waals surface area contributed by atoms with Crippen LogP contribution < -0.4 is 15.6 Å². The Labute approximate surface area is 217 Å². The van der Waals surface area contributed by atoms with Crippen molar-refractivity contribution in [2.24, 2.45) is 5.41 Å². The quantitative estimate of drug-likeness (QED) is 0.286. The van der Waals surface area contributed by atoms with E-state index in [0.717, 1.165) is 12.8 Å². The average molecular weight is 541 g/mol. The fraction of sp³-hybridized carbons (Fsp3) is 0.292. The summed E-state index contributed by atoms with van der Waals surface area (Å²) < 4.78 is 30.3. The number of rotatable bonds is 8. The van der Waals surface area contributed by atoms with E-state index in [1.54, 1.807) is 36.4 Å². The number of ether oxygens (including phenoxy) is 1. The van der Waals surface area contributed by atoms with Crippen molar-refractivity contribution in [2.75, 3.05) is 13.7 Å². The van der Waals surface area contributed by atoms with Gasteiger partial charge in [0.2, 0.25) is 5.37 Å². The summed E-state index contributed by atoms with van der Waals surface area (Å²) >= 11 is 6.39. The van der Waals surface area contributed by atoms with E-state index in [-0.39, 0.29) is 18.4 Å². The van der Waals surface area contributed by atoms with Crippen molar-refractivity contribution in [3.63, 3.8) is 0 Å². The first kappa shape index (κ1) is 24.7. The summed E-state index contributed by atoms with van der Waals surface area (Å²) in [5.74, 6) is 0.0190. The van der Waals surface area contributed by atoms with Crippen molar-refractivity contribution in [1.29, 1.82) is 5.26 Å². The number of halogens is 1. The van der Waals surface area contributed by atoms with E-state index in [1.807, 2.05) is 0 Å². The molecule has 0 spiro atoms. The minimum atomic E-state index is -3.35. The lowest BCUT2D eigenvalue weighted by molar-refractivity contribution is -0.121. The van der Waals surface area contributed by atoms with Gasteiger partial charge in [0.05, 0.1) is 45.0 Å². The van der Waals surface area contributed by atoms with Crippen LogP contribution in [0.5, 0.6) is 5.75 Å². The number of aromatic nitrogens is 4. The van der Waals surface area contributed by atoms with Gasteiger partial charge in [-0.05, 0) is 25.0 Å². The number of thiol groups is 1. The summed E-state index contributed by atoms with van der Waals surface area (Å²) in [6.45, 7) is 0.248. The number of amides is 1. The van der Waals surface area contributed by atoms with Crippen LogP contribution >= 0.6 is 11.6 Å². The molecule has 13 heteroatoms. The van der Waals surface area contributed by atoms with E-state index in [0.29, 0.717) is 43.4 Å². The molecule has 0 saturated heterocycles. The van der Waals surface area contributed by atoms with Gasteiger partial charge in [-0.2, -0.15) is 10.4 Å². The molecule has 2 N–H and O–H groups in total. The molecule has 37 heavy (non-hydrogen) atoms. The molecule has 1 aliphatic rings. The monoisotopic (exact) mass is 540 g/mol. The van der Waals surface area contributed by atoms with Crippen LogP contribution in [0.4, 0.5) is 0 Å². The molecule has 0 aliphatic heterocycles. The summed E-state index contributed by atoms with van der Waals surface area (Å²) in [7, 11) is -2.06. The molecular formula is C24H21ClN6O5S. The van der Waals surface area contributed by atoms with Gasteiger partial charge < -0.3 is 15.0 Å². The number of benzene rings is 2. The van der Waals surface area contributed by atoms with Gasteiger partial charge >= 0.3 is 0 Å². The van der Waals surface area contributed by atoms with Crippen LogP contribution in [-0.4, -0.2) is 47.7 Å². The lowest BCUT2D eigenvalue weighted by Crippen LogP contribution is -2.38. The molecular weight excluding hydrogens is 520 g/mol. The Balaban J connectivity index is 1.54. The summed E-state index contributed by atoms with van der Waals surface area (Å²) in [6, 6.07) is 12.3. The maximum atomic E-state index is 13.1. The fourth-order valence-electron chi connectivity index (χ4n) is 4.07. The lowest BCUT2D eigenvalue weighted by Gasteiger charge is -2.14. The molecule has 2 aromatic heterocycles. The highest BCUT2D eigenvalue weighted by Gasteiger charge is 2.44. The van der Waals surface area contributed by atoms with E-state index in [4.69, 9.17) is 16.3 Å². The molecule has 5 rings (SSSR count). The Morgan fingerprint density at radius 3 is 2.70 bits per heavy atom. The van der Waals surface area contributed by atoms with Crippen LogP contribution in [-0.2, 0) is 21.9 Å². The lowest BCUT2D eigenvalue weighted by atomic mass is 10.1. The van der Waals surface area contributed by atoms with Crippen molar-refractivity contribution in [3.05, 3.63) is 63.3 Å². The van der Waals surface area contributed by atoms with Crippen molar-refractivity contribution >= 4 is 50.0 Å². The fourth-order valence-corrected chi connectivity index (χ4v) is 4.94. The van der Waals surface area contributed by atoms with Gasteiger partial charge in [-0.25, -0.2) is 18.1 Å². The first-order valence-corrected chi connectivity index (χ1v) is 13.0. The molecule has 1 atom stereocenters. The number of likely N-dealkylation sites (N-methyl/N-ethyl adjacent to an activating group) is 1. The van der Waals surface area contributed by atoms with Gasteiger partial charge in [0.1, 0.15) is 18.2 Å². The van der Waals surface area contributed by atoms with Gasteiger partial charge in [0, 0.05) is 18.5 Å². The zero-order valence-corrected chi connectivity index (χ0v) is 21.2. The summed E-state index contributed by atoms with van der Waals surface area (Å²) in [6.07, 6.45) is 1.69. The number of carbonyl (C=O) groups excluding carboxylic acids is 1. The molecule has 190 valence electrons. The Kier molecular flexibility index (Phi) is 6.35. The number of nitrogens with zero attached hydrogens (tertiary/aromatic N) is 4. The number of H-pyrrole nitrogens is 1. The molecule has 0 bridgehead atoms. The third kappa shape index (κ3) is 4.63. The van der Waals surface area contributed by atoms with Crippen molar-refractivity contribution in [2.45, 2.75) is 24.6 Å². The smallest absolute Gasteiger partial charge is 0.276 e. The number of aromatic amines is 1. The van der Waals surface area contributed by atoms with Gasteiger partial charge in [0.25, 0.3) is 11.5 Å². The molecule has 1 unspecified atom stereocenters. The van der Waals surface area contributed by atoms with Crippen LogP contribution in [0.1, 0.15) is 29.7 Å². The number of imidazole rings is 1. The molecule has 1 aliphatic carbocycles. The highest BCUT2D eigenvalue weighted by atomic mass is 35.5. The Morgan fingerprint density at radius 2 is 2.05 bits per heavy atom. The average Bonchev–Trinajstić information content (AvgIpc) is 3.57. The van der Waals surface area contributed by atoms with Gasteiger partial charge in [-0.15, -0.1) is 0 Å². The molecule has 2 aromatic carbocycles. The minimum Gasteiger partial charge on any atom is -0.490 e. The summed E-state index contributed by atoms with van der Waals surface area (Å²) in [5.41, 5.74) is 0.409. The van der Waals surface area contributed by atoms with Crippen molar-refractivity contribution in [1.82, 2.24) is 25.1 Å². The molecule has 0 radical (unpaired) electrons. The third-order valence-corrected chi connectivity index (χ3v) is 7.48. The second-order valence-electron chi connectivity index (χ2n) is 8.86. The summed E-state index contributed by atoms with van der Waals surface area (Å²) in [4.78, 5) is 33.1. The number of fused-ring (bicyclic) bond motifs is 2. The topological polar surface area (TPSA) is 160 Å². The summed E-state index contributed by atoms with van der Waals surface area (Å²) in [5, 5.41) is 15.1. The SMILES string of the molecule is CNC(=O)C(n1nc(Cc2nc3cc(OCC4(C#N)CC4)c(Cl)cc3[nH]2)c2ccccc2c1=O)[SH](=O)=O. The number of carbonyl (C=O) groups is 1. The van der Waals surface area contributed by atoms with E-state index in [9.17, 15) is 23.3 Å². The van der Waals surface area contributed by atoms with Crippen LogP contribution in [0, 0.1) is 16.7 Å². The zero-order valence-electron chi connectivity index (χ0n) is 19.5. The number of nitriles is 1. The number of nitrogens with one attached hydrogen (secondary N) is 2. The molecule has 2 heterocycles. The standard InChI is InChI=1S/C24H21ClN6O5S/c1-27-21(32)23(37(34)35)31-22(33)14-5-3-2-4-13(14)16(30-31)10-20-28-17-8-15(25)19(9-18(17)29-20)36-12-24(11-26)6-7-24/h2-5,8-9,23,37H,6-7,10,12H2,1H3,(H,27,32)(H,28,29). The second kappa shape index (κ2) is 9.49. The van der Waals surface area contributed by atoms with E-state index < -0.39 is 33.0 Å². The van der Waals surface area contributed by atoms with E-state index in [1.165, 1.54) is 7.05 Å². The predicted molar refractivity (Wildman–Crippen MR) is 136 cm³/mol. The van der Waals surface area contributed by atoms with Gasteiger partial charge in [-0.3, -0.25) is 9.59 Å². The molecule has 4 aromatic rings. The third-order valence-electron chi connectivity index (χ3n) is 6.33. The highest BCUT2D eigenvalue weighted by molar-refractivity contribution is 7.73. The highest BCUT2D eigenvalue weighted by Crippen LogP contribution is 2.45. The number of hydrogen-bond acceptors (Lipinski definition) is 8. The Morgan fingerprint density at radius 1 is 1.32 bits per heavy atom. The van der Waals surface area contributed by atoms with Crippen LogP contribution in [0.25, 0.3) is 21.8 Å². The second-order valence-corrected chi connectivity index (χ2v) is 10.3. The molecule has 1 saturated carbocycles. The predicted octanol–water partition coefficient (Wildman–Crippen LogP) is 2.06. The first-order chi connectivity index (χ1) is 17.7. The normalized spacial score (nSPS) is 15.0. The van der Waals surface area contributed by atoms with Crippen molar-refractivity contribution in [3.8, 4) is 11.8 Å². The Bertz CT molecular complexity index is 1730. The molecule has 11 nitrogen and oxygen atoms in total. The first-order valence-electron chi connectivity index (χ1n) is 11.3. The van der Waals surface area contributed by atoms with Gasteiger partial charge in [0.15, 0.2) is 10.7 Å². The molecule has 1 amide bonds. The zero-order chi connectivity index (χ0) is 26.3. The maximum absolute atomic E-state index is 13.1. The Hall–Kier alpha value is -3.95. The molecule has 1 fully saturated rings. The van der Waals surface area contributed by atoms with E-state index in [2.05, 4.69) is 26.5 Å². The van der Waals surface area contributed by atoms with E-state index >= 15 is 0 Å². The van der Waals surface area contributed by atoms with Crippen LogP contribution in [0.3, 0.4) is 0 Å². The van der Waals surface area contributed by atoms with Crippen LogP contribution in [0.2, 0.25) is 5.02 Å².